The molecule has 32 heavy (non-hydrogen) atoms. The molecule has 9 N–H and O–H groups in total. The van der Waals surface area contributed by atoms with Crippen molar-refractivity contribution >= 4 is 36.3 Å². The predicted molar refractivity (Wildman–Crippen MR) is 116 cm³/mol. The number of aliphatic hydroxyl groups excluding tert-OH is 2. The number of aromatic hydroxyl groups is 1. The van der Waals surface area contributed by atoms with Crippen molar-refractivity contribution in [2.75, 3.05) is 12.4 Å². The van der Waals surface area contributed by atoms with Gasteiger partial charge in [-0.05, 0) is 24.6 Å². The van der Waals surface area contributed by atoms with E-state index in [1.807, 2.05) is 0 Å². The summed E-state index contributed by atoms with van der Waals surface area (Å²) >= 11 is 3.99. The number of rotatable bonds is 12. The van der Waals surface area contributed by atoms with Crippen LogP contribution in [0.2, 0.25) is 0 Å². The Morgan fingerprint density at radius 2 is 1.47 bits per heavy atom. The van der Waals surface area contributed by atoms with Gasteiger partial charge in [-0.2, -0.15) is 12.6 Å². The van der Waals surface area contributed by atoms with Crippen LogP contribution in [0, 0.1) is 0 Å². The molecule has 1 rings (SSSR count). The average molecular weight is 473 g/mol. The summed E-state index contributed by atoms with van der Waals surface area (Å²) in [4.78, 5) is 48.4. The van der Waals surface area contributed by atoms with Crippen LogP contribution in [-0.4, -0.2) is 86.7 Å². The van der Waals surface area contributed by atoms with Gasteiger partial charge >= 0.3 is 5.97 Å². The molecule has 1 aromatic carbocycles. The summed E-state index contributed by atoms with van der Waals surface area (Å²) in [5.74, 6) is -4.17. The first kappa shape index (κ1) is 27.2. The molecule has 13 heteroatoms. The van der Waals surface area contributed by atoms with Crippen molar-refractivity contribution < 1.29 is 39.6 Å². The lowest BCUT2D eigenvalue weighted by atomic mass is 10.0. The van der Waals surface area contributed by atoms with Crippen molar-refractivity contribution in [3.05, 3.63) is 29.8 Å². The van der Waals surface area contributed by atoms with Gasteiger partial charge in [-0.25, -0.2) is 4.79 Å². The number of phenols is 1. The number of aliphatic hydroxyl groups is 2. The third kappa shape index (κ3) is 8.34. The number of nitrogens with two attached hydrogens (primary N) is 1. The second kappa shape index (κ2) is 12.9. The largest absolute Gasteiger partial charge is 0.508 e. The fraction of sp³-hybridized carbons (Fsp3) is 0.474. The second-order valence-corrected chi connectivity index (χ2v) is 7.39. The highest BCUT2D eigenvalue weighted by Crippen LogP contribution is 2.12. The molecule has 0 bridgehead atoms. The van der Waals surface area contributed by atoms with Crippen LogP contribution >= 0.6 is 12.6 Å². The second-order valence-electron chi connectivity index (χ2n) is 7.02. The highest BCUT2D eigenvalue weighted by molar-refractivity contribution is 7.80. The van der Waals surface area contributed by atoms with E-state index in [1.165, 1.54) is 31.2 Å². The minimum absolute atomic E-state index is 0.00130. The minimum Gasteiger partial charge on any atom is -0.508 e. The van der Waals surface area contributed by atoms with Crippen LogP contribution in [0.15, 0.2) is 24.3 Å². The Bertz CT molecular complexity index is 805. The van der Waals surface area contributed by atoms with Crippen molar-refractivity contribution in [2.45, 2.75) is 43.6 Å². The zero-order valence-corrected chi connectivity index (χ0v) is 18.2. The summed E-state index contributed by atoms with van der Waals surface area (Å²) in [5.41, 5.74) is 6.18. The summed E-state index contributed by atoms with van der Waals surface area (Å²) in [5, 5.41) is 43.8. The zero-order chi connectivity index (χ0) is 24.4. The van der Waals surface area contributed by atoms with Gasteiger partial charge in [0.1, 0.15) is 29.9 Å². The molecular weight excluding hydrogens is 444 g/mol. The molecule has 0 heterocycles. The number of carboxylic acid groups (broad SMARTS) is 1. The smallest absolute Gasteiger partial charge is 0.328 e. The van der Waals surface area contributed by atoms with E-state index < -0.39 is 60.6 Å². The molecule has 0 aliphatic carbocycles. The highest BCUT2D eigenvalue weighted by atomic mass is 32.1. The van der Waals surface area contributed by atoms with E-state index in [9.17, 15) is 29.4 Å². The van der Waals surface area contributed by atoms with Crippen LogP contribution in [0.25, 0.3) is 0 Å². The molecule has 0 aliphatic heterocycles. The number of carbonyl (C=O) groups is 4. The maximum Gasteiger partial charge on any atom is 0.328 e. The van der Waals surface area contributed by atoms with Crippen LogP contribution in [0.1, 0.15) is 12.5 Å². The van der Waals surface area contributed by atoms with Gasteiger partial charge in [-0.15, -0.1) is 0 Å². The van der Waals surface area contributed by atoms with E-state index in [4.69, 9.17) is 15.9 Å². The molecule has 0 radical (unpaired) electrons. The van der Waals surface area contributed by atoms with E-state index in [-0.39, 0.29) is 17.9 Å². The van der Waals surface area contributed by atoms with Crippen LogP contribution in [0.5, 0.6) is 5.75 Å². The van der Waals surface area contributed by atoms with Gasteiger partial charge in [0.25, 0.3) is 0 Å². The van der Waals surface area contributed by atoms with E-state index in [0.29, 0.717) is 5.56 Å². The first-order valence-corrected chi connectivity index (χ1v) is 10.2. The molecular formula is C19H28N4O8S. The van der Waals surface area contributed by atoms with Crippen molar-refractivity contribution in [3.63, 3.8) is 0 Å². The number of hydrogen-bond acceptors (Lipinski definition) is 9. The monoisotopic (exact) mass is 472 g/mol. The third-order valence-corrected chi connectivity index (χ3v) is 4.81. The average Bonchev–Trinajstić information content (AvgIpc) is 2.75. The molecule has 0 fully saturated rings. The van der Waals surface area contributed by atoms with Gasteiger partial charge in [0.05, 0.1) is 12.7 Å². The quantitative estimate of drug-likeness (QED) is 0.143. The normalized spacial score (nSPS) is 15.5. The number of carboxylic acids is 1. The van der Waals surface area contributed by atoms with E-state index in [0.717, 1.165) is 0 Å². The summed E-state index contributed by atoms with van der Waals surface area (Å²) in [6, 6.07) is 0.449. The summed E-state index contributed by atoms with van der Waals surface area (Å²) < 4.78 is 0. The Morgan fingerprint density at radius 1 is 0.969 bits per heavy atom. The number of benzene rings is 1. The molecule has 0 spiro atoms. The number of carbonyl (C=O) groups excluding carboxylic acids is 3. The summed E-state index contributed by atoms with van der Waals surface area (Å²) in [6.07, 6.45) is -1.23. The first-order valence-electron chi connectivity index (χ1n) is 9.57. The van der Waals surface area contributed by atoms with E-state index >= 15 is 0 Å². The van der Waals surface area contributed by atoms with Gasteiger partial charge in [0.15, 0.2) is 0 Å². The van der Waals surface area contributed by atoms with Crippen LogP contribution < -0.4 is 21.7 Å². The predicted octanol–water partition coefficient (Wildman–Crippen LogP) is -2.90. The van der Waals surface area contributed by atoms with Gasteiger partial charge in [-0.3, -0.25) is 14.4 Å². The Labute approximate surface area is 189 Å². The van der Waals surface area contributed by atoms with Crippen molar-refractivity contribution in [3.8, 4) is 5.75 Å². The first-order chi connectivity index (χ1) is 15.0. The lowest BCUT2D eigenvalue weighted by Crippen LogP contribution is -2.59. The Morgan fingerprint density at radius 3 is 1.94 bits per heavy atom. The highest BCUT2D eigenvalue weighted by Gasteiger charge is 2.30. The van der Waals surface area contributed by atoms with Crippen molar-refractivity contribution in [1.29, 1.82) is 0 Å². The molecule has 5 unspecified atom stereocenters. The van der Waals surface area contributed by atoms with Crippen LogP contribution in [0.3, 0.4) is 0 Å². The molecule has 3 amide bonds. The Balaban J connectivity index is 3.00. The van der Waals surface area contributed by atoms with Crippen LogP contribution in [-0.2, 0) is 25.6 Å². The fourth-order valence-electron chi connectivity index (χ4n) is 2.49. The number of hydrogen-bond donors (Lipinski definition) is 9. The fourth-order valence-corrected chi connectivity index (χ4v) is 2.75. The SMILES string of the molecule is CC(O)C(N)C(=O)NC(Cc1ccc(O)cc1)C(=O)NC(CS)C(=O)NC(CO)C(=O)O. The molecule has 12 nitrogen and oxygen atoms in total. The molecule has 0 saturated heterocycles. The summed E-state index contributed by atoms with van der Waals surface area (Å²) in [6.45, 7) is 0.450. The maximum atomic E-state index is 12.8. The van der Waals surface area contributed by atoms with Gasteiger partial charge in [0.2, 0.25) is 17.7 Å². The van der Waals surface area contributed by atoms with E-state index in [2.05, 4.69) is 28.6 Å². The third-order valence-electron chi connectivity index (χ3n) is 4.44. The molecule has 5 atom stereocenters. The standard InChI is InChI=1S/C19H28N4O8S/c1-9(25)15(20)18(29)21-12(6-10-2-4-11(26)5-3-10)16(27)23-14(8-32)17(28)22-13(7-24)19(30)31/h2-5,9,12-15,24-26,32H,6-8,20H2,1H3,(H,21,29)(H,22,28)(H,23,27)(H,30,31). The molecule has 1 aromatic rings. The summed E-state index contributed by atoms with van der Waals surface area (Å²) in [7, 11) is 0. The Hall–Kier alpha value is -2.87. The molecule has 0 saturated carbocycles. The number of phenolic OH excluding ortho intramolecular Hbond substituents is 1. The van der Waals surface area contributed by atoms with Gasteiger partial charge in [-0.1, -0.05) is 12.1 Å². The van der Waals surface area contributed by atoms with Gasteiger partial charge < -0.3 is 42.1 Å². The number of thiol groups is 1. The topological polar surface area (TPSA) is 211 Å². The van der Waals surface area contributed by atoms with Crippen molar-refractivity contribution in [2.24, 2.45) is 5.73 Å². The zero-order valence-electron chi connectivity index (χ0n) is 17.3. The molecule has 178 valence electrons. The number of nitrogens with one attached hydrogen (secondary N) is 3. The maximum absolute atomic E-state index is 12.8. The Kier molecular flexibility index (Phi) is 10.9. The molecule has 0 aromatic heterocycles. The number of amides is 3. The lowest BCUT2D eigenvalue weighted by molar-refractivity contribution is -0.143. The minimum atomic E-state index is -1.57. The number of aliphatic carboxylic acids is 1. The molecule has 0 aliphatic rings. The van der Waals surface area contributed by atoms with Crippen molar-refractivity contribution in [1.82, 2.24) is 16.0 Å². The lowest BCUT2D eigenvalue weighted by Gasteiger charge is -2.25. The van der Waals surface area contributed by atoms with Crippen LogP contribution in [0.4, 0.5) is 0 Å². The van der Waals surface area contributed by atoms with E-state index in [1.54, 1.807) is 0 Å². The van der Waals surface area contributed by atoms with Gasteiger partial charge in [0, 0.05) is 12.2 Å².